The molecule has 152 valence electrons. The first-order valence-electron chi connectivity index (χ1n) is 10.4. The molecule has 1 N–H and O–H groups in total. The number of halogens is 1. The number of amides is 1. The van der Waals surface area contributed by atoms with Crippen molar-refractivity contribution in [3.8, 4) is 0 Å². The molecule has 2 aliphatic heterocycles. The molecule has 1 aromatic carbocycles. The minimum absolute atomic E-state index is 0.164. The zero-order valence-corrected chi connectivity index (χ0v) is 18.0. The Hall–Kier alpha value is -1.60. The Labute approximate surface area is 175 Å². The molecule has 6 nitrogen and oxygen atoms in total. The monoisotopic (exact) mass is 448 g/mol. The normalized spacial score (nSPS) is 27.8. The third kappa shape index (κ3) is 4.51. The minimum atomic E-state index is -0.216. The fraction of sp³-hybridized carbons (Fsp3) is 0.619. The van der Waals surface area contributed by atoms with E-state index in [9.17, 15) is 4.79 Å². The van der Waals surface area contributed by atoms with Gasteiger partial charge in [-0.15, -0.1) is 0 Å². The number of carbonyl (C=O) groups excluding carboxylic acids is 1. The molecule has 1 amide bonds. The largest absolute Gasteiger partial charge is 0.368 e. The number of guanidine groups is 1. The van der Waals surface area contributed by atoms with E-state index < -0.39 is 0 Å². The van der Waals surface area contributed by atoms with E-state index in [1.807, 2.05) is 4.90 Å². The summed E-state index contributed by atoms with van der Waals surface area (Å²) >= 11 is 3.50. The third-order valence-corrected chi connectivity index (χ3v) is 6.34. The van der Waals surface area contributed by atoms with Crippen LogP contribution in [0.25, 0.3) is 0 Å². The fourth-order valence-corrected chi connectivity index (χ4v) is 4.36. The van der Waals surface area contributed by atoms with E-state index >= 15 is 0 Å². The summed E-state index contributed by atoms with van der Waals surface area (Å²) in [6, 6.07) is 9.05. The molecule has 0 bridgehead atoms. The molecule has 1 aromatic rings. The van der Waals surface area contributed by atoms with Gasteiger partial charge in [0.15, 0.2) is 5.96 Å². The maximum absolute atomic E-state index is 12.5. The highest BCUT2D eigenvalue weighted by molar-refractivity contribution is 9.10. The van der Waals surface area contributed by atoms with Crippen molar-refractivity contribution >= 4 is 27.8 Å². The number of aliphatic imine (C=N–C) groups is 1. The smallest absolute Gasteiger partial charge is 0.251 e. The molecule has 28 heavy (non-hydrogen) atoms. The summed E-state index contributed by atoms with van der Waals surface area (Å²) in [7, 11) is 0. The Morgan fingerprint density at radius 1 is 1.21 bits per heavy atom. The van der Waals surface area contributed by atoms with Crippen LogP contribution in [0.15, 0.2) is 33.7 Å². The number of benzene rings is 1. The van der Waals surface area contributed by atoms with E-state index in [1.165, 1.54) is 5.56 Å². The molecule has 2 heterocycles. The van der Waals surface area contributed by atoms with Crippen molar-refractivity contribution in [3.63, 3.8) is 0 Å². The Kier molecular flexibility index (Phi) is 6.21. The third-order valence-electron chi connectivity index (χ3n) is 5.81. The van der Waals surface area contributed by atoms with Crippen LogP contribution in [0.5, 0.6) is 0 Å². The number of ether oxygens (including phenoxy) is 1. The molecule has 4 rings (SSSR count). The second-order valence-electron chi connectivity index (χ2n) is 7.76. The first-order valence-corrected chi connectivity index (χ1v) is 11.2. The van der Waals surface area contributed by atoms with Gasteiger partial charge in [0.2, 0.25) is 0 Å². The molecule has 0 spiro atoms. The lowest BCUT2D eigenvalue weighted by molar-refractivity contribution is -0.142. The lowest BCUT2D eigenvalue weighted by atomic mass is 10.1. The van der Waals surface area contributed by atoms with Gasteiger partial charge in [-0.2, -0.15) is 0 Å². The van der Waals surface area contributed by atoms with Gasteiger partial charge < -0.3 is 19.9 Å². The van der Waals surface area contributed by atoms with Crippen LogP contribution in [0.4, 0.5) is 0 Å². The number of nitrogens with zero attached hydrogens (tertiary/aromatic N) is 3. The first kappa shape index (κ1) is 19.7. The van der Waals surface area contributed by atoms with Crippen LogP contribution in [0.1, 0.15) is 37.7 Å². The predicted octanol–water partition coefficient (Wildman–Crippen LogP) is 2.59. The predicted molar refractivity (Wildman–Crippen MR) is 114 cm³/mol. The summed E-state index contributed by atoms with van der Waals surface area (Å²) in [6.45, 7) is 6.66. The molecule has 2 saturated heterocycles. The molecule has 3 unspecified atom stereocenters. The Bertz CT molecular complexity index is 710. The summed E-state index contributed by atoms with van der Waals surface area (Å²) in [5.74, 6) is 1.70. The van der Waals surface area contributed by atoms with Crippen molar-refractivity contribution in [2.45, 2.75) is 44.2 Å². The van der Waals surface area contributed by atoms with Gasteiger partial charge in [0, 0.05) is 55.8 Å². The quantitative estimate of drug-likeness (QED) is 0.567. The second-order valence-corrected chi connectivity index (χ2v) is 8.67. The molecule has 3 aliphatic rings. The van der Waals surface area contributed by atoms with Crippen molar-refractivity contribution < 1.29 is 9.53 Å². The van der Waals surface area contributed by atoms with E-state index in [2.05, 4.69) is 57.3 Å². The number of carbonyl (C=O) groups is 1. The van der Waals surface area contributed by atoms with Crippen molar-refractivity contribution in [1.82, 2.24) is 15.1 Å². The second kappa shape index (κ2) is 8.82. The van der Waals surface area contributed by atoms with Crippen molar-refractivity contribution in [1.29, 1.82) is 0 Å². The highest BCUT2D eigenvalue weighted by Gasteiger charge is 2.40. The average Bonchev–Trinajstić information content (AvgIpc) is 3.26. The SMILES string of the molecule is CCN=C(NC1CC1c1ccc(Br)cc1)N1CCN(C(=O)C2CCCO2)CC1. The standard InChI is InChI=1S/C21H29BrN4O2/c1-2-23-21(24-18-14-17(18)15-5-7-16(22)8-6-15)26-11-9-25(10-12-26)20(27)19-4-3-13-28-19/h5-8,17-19H,2-4,9-14H2,1H3,(H,23,24). The average molecular weight is 449 g/mol. The first-order chi connectivity index (χ1) is 13.7. The zero-order valence-electron chi connectivity index (χ0n) is 16.4. The van der Waals surface area contributed by atoms with E-state index in [4.69, 9.17) is 9.73 Å². The highest BCUT2D eigenvalue weighted by Crippen LogP contribution is 2.41. The van der Waals surface area contributed by atoms with Gasteiger partial charge in [-0.3, -0.25) is 9.79 Å². The molecular weight excluding hydrogens is 420 g/mol. The summed E-state index contributed by atoms with van der Waals surface area (Å²) in [6.07, 6.45) is 2.78. The number of nitrogens with one attached hydrogen (secondary N) is 1. The van der Waals surface area contributed by atoms with E-state index in [0.29, 0.717) is 18.6 Å². The summed E-state index contributed by atoms with van der Waals surface area (Å²) in [5.41, 5.74) is 1.38. The molecule has 0 radical (unpaired) electrons. The molecule has 0 aromatic heterocycles. The topological polar surface area (TPSA) is 57.2 Å². The summed E-state index contributed by atoms with van der Waals surface area (Å²) in [4.78, 5) is 21.5. The van der Waals surface area contributed by atoms with Crippen LogP contribution in [0.2, 0.25) is 0 Å². The number of piperazine rings is 1. The van der Waals surface area contributed by atoms with Crippen LogP contribution in [-0.4, -0.2) is 73.1 Å². The van der Waals surface area contributed by atoms with Crippen molar-refractivity contribution in [2.24, 2.45) is 4.99 Å². The van der Waals surface area contributed by atoms with Gasteiger partial charge in [0.25, 0.3) is 5.91 Å². The molecule has 3 atom stereocenters. The molecule has 3 fully saturated rings. The Morgan fingerprint density at radius 3 is 2.57 bits per heavy atom. The van der Waals surface area contributed by atoms with Crippen LogP contribution in [0, 0.1) is 0 Å². The molecule has 1 aliphatic carbocycles. The summed E-state index contributed by atoms with van der Waals surface area (Å²) < 4.78 is 6.67. The van der Waals surface area contributed by atoms with Crippen molar-refractivity contribution in [2.75, 3.05) is 39.3 Å². The Balaban J connectivity index is 1.30. The van der Waals surface area contributed by atoms with E-state index in [-0.39, 0.29) is 12.0 Å². The number of hydrogen-bond donors (Lipinski definition) is 1. The van der Waals surface area contributed by atoms with Crippen LogP contribution >= 0.6 is 15.9 Å². The van der Waals surface area contributed by atoms with Crippen LogP contribution in [-0.2, 0) is 9.53 Å². The van der Waals surface area contributed by atoms with Gasteiger partial charge >= 0.3 is 0 Å². The van der Waals surface area contributed by atoms with Gasteiger partial charge in [0.05, 0.1) is 0 Å². The lowest BCUT2D eigenvalue weighted by Crippen LogP contribution is -2.55. The lowest BCUT2D eigenvalue weighted by Gasteiger charge is -2.37. The Morgan fingerprint density at radius 2 is 1.93 bits per heavy atom. The summed E-state index contributed by atoms with van der Waals surface area (Å²) in [5, 5.41) is 3.66. The zero-order chi connectivity index (χ0) is 19.5. The fourth-order valence-electron chi connectivity index (χ4n) is 4.10. The van der Waals surface area contributed by atoms with Crippen LogP contribution < -0.4 is 5.32 Å². The molecule has 7 heteroatoms. The van der Waals surface area contributed by atoms with Gasteiger partial charge in [-0.05, 0) is 43.9 Å². The number of rotatable bonds is 4. The van der Waals surface area contributed by atoms with E-state index in [1.54, 1.807) is 0 Å². The van der Waals surface area contributed by atoms with Gasteiger partial charge in [-0.25, -0.2) is 0 Å². The maximum Gasteiger partial charge on any atom is 0.251 e. The minimum Gasteiger partial charge on any atom is -0.368 e. The van der Waals surface area contributed by atoms with E-state index in [0.717, 1.165) is 62.4 Å². The van der Waals surface area contributed by atoms with Gasteiger partial charge in [0.1, 0.15) is 6.10 Å². The van der Waals surface area contributed by atoms with Gasteiger partial charge in [-0.1, -0.05) is 28.1 Å². The molecule has 1 saturated carbocycles. The van der Waals surface area contributed by atoms with Crippen LogP contribution in [0.3, 0.4) is 0 Å². The molecular formula is C21H29BrN4O2. The maximum atomic E-state index is 12.5. The highest BCUT2D eigenvalue weighted by atomic mass is 79.9. The number of hydrogen-bond acceptors (Lipinski definition) is 3. The van der Waals surface area contributed by atoms with Crippen molar-refractivity contribution in [3.05, 3.63) is 34.3 Å².